The van der Waals surface area contributed by atoms with Crippen LogP contribution in [0.25, 0.3) is 17.1 Å². The van der Waals surface area contributed by atoms with Gasteiger partial charge in [-0.3, -0.25) is 9.78 Å². The van der Waals surface area contributed by atoms with E-state index in [0.717, 1.165) is 11.8 Å². The minimum atomic E-state index is -0.861. The van der Waals surface area contributed by atoms with Crippen molar-refractivity contribution in [3.05, 3.63) is 86.3 Å². The summed E-state index contributed by atoms with van der Waals surface area (Å²) in [4.78, 5) is 25.5. The Morgan fingerprint density at radius 2 is 1.91 bits per heavy atom. The molecule has 0 saturated carbocycles. The highest BCUT2D eigenvalue weighted by Gasteiger charge is 2.29. The summed E-state index contributed by atoms with van der Waals surface area (Å²) in [5.41, 5.74) is 3.81. The van der Waals surface area contributed by atoms with Gasteiger partial charge in [0.2, 0.25) is 5.90 Å². The van der Waals surface area contributed by atoms with Gasteiger partial charge in [0, 0.05) is 34.6 Å². The second kappa shape index (κ2) is 8.70. The molecule has 1 aliphatic rings. The molecule has 33 heavy (non-hydrogen) atoms. The molecule has 1 aromatic carbocycles. The number of nitrogens with zero attached hydrogens (tertiary/aromatic N) is 5. The lowest BCUT2D eigenvalue weighted by molar-refractivity contribution is -0.114. The third-order valence-electron chi connectivity index (χ3n) is 5.08. The summed E-state index contributed by atoms with van der Waals surface area (Å²) in [5.74, 6) is 0.707. The molecule has 0 fully saturated rings. The molecule has 1 atom stereocenters. The van der Waals surface area contributed by atoms with Crippen LogP contribution in [0.15, 0.2) is 64.5 Å². The maximum Gasteiger partial charge on any atom is 0.241 e. The monoisotopic (exact) mass is 541 g/mol. The van der Waals surface area contributed by atoms with Gasteiger partial charge in [0.1, 0.15) is 10.3 Å². The zero-order valence-electron chi connectivity index (χ0n) is 17.0. The second-order valence-electron chi connectivity index (χ2n) is 7.22. The molecule has 0 N–H and O–H groups in total. The topological polar surface area (TPSA) is 82.3 Å². The fraction of sp³-hybridized carbons (Fsp3) is 0.0870. The Balaban J connectivity index is 1.71. The minimum Gasteiger partial charge on any atom is -0.460 e. The average Bonchev–Trinajstić information content (AvgIpc) is 3.20. The van der Waals surface area contributed by atoms with E-state index in [4.69, 9.17) is 32.9 Å². The van der Waals surface area contributed by atoms with Gasteiger partial charge in [-0.1, -0.05) is 23.2 Å². The van der Waals surface area contributed by atoms with Crippen molar-refractivity contribution in [3.8, 4) is 17.1 Å². The first-order chi connectivity index (χ1) is 16.0. The molecule has 0 amide bonds. The lowest BCUT2D eigenvalue weighted by Gasteiger charge is -2.24. The molecule has 1 unspecified atom stereocenters. The number of aldehydes is 1. The second-order valence-corrected chi connectivity index (χ2v) is 8.88. The van der Waals surface area contributed by atoms with Crippen molar-refractivity contribution in [1.82, 2.24) is 19.7 Å². The molecule has 4 aromatic rings. The largest absolute Gasteiger partial charge is 0.460 e. The number of carbonyl (C=O) groups is 1. The van der Waals surface area contributed by atoms with E-state index in [0.29, 0.717) is 48.7 Å². The summed E-state index contributed by atoms with van der Waals surface area (Å²) in [6, 6.07) is 12.4. The van der Waals surface area contributed by atoms with Gasteiger partial charge in [-0.05, 0) is 64.8 Å². The fourth-order valence-electron chi connectivity index (χ4n) is 3.66. The molecule has 3 aromatic heterocycles. The highest BCUT2D eigenvalue weighted by atomic mass is 79.9. The van der Waals surface area contributed by atoms with Gasteiger partial charge in [-0.15, -0.1) is 0 Å². The van der Waals surface area contributed by atoms with Crippen LogP contribution in [0.1, 0.15) is 22.9 Å². The van der Waals surface area contributed by atoms with Crippen LogP contribution in [0.4, 0.5) is 5.69 Å². The zero-order chi connectivity index (χ0) is 23.1. The standard InChI is InChI=1S/C23H14BrCl2N5O2/c1-12-8-13(25)9-15-18(11-32)33-23(29-20(12)15)17-10-19(24)30-31(17)22-14(4-2-7-28-22)21-16(26)5-3-6-27-21/h2-11,18H,1H3. The number of fused-ring (bicyclic) bond motifs is 1. The minimum absolute atomic E-state index is 0.229. The first-order valence-electron chi connectivity index (χ1n) is 9.79. The quantitative estimate of drug-likeness (QED) is 0.293. The summed E-state index contributed by atoms with van der Waals surface area (Å²) in [5, 5.41) is 5.54. The molecule has 10 heteroatoms. The van der Waals surface area contributed by atoms with E-state index in [1.807, 2.05) is 13.0 Å². The Morgan fingerprint density at radius 3 is 2.70 bits per heavy atom. The van der Waals surface area contributed by atoms with Gasteiger partial charge in [-0.2, -0.15) is 5.10 Å². The molecule has 1 aliphatic heterocycles. The number of hydrogen-bond donors (Lipinski definition) is 0. The van der Waals surface area contributed by atoms with Crippen molar-refractivity contribution in [3.63, 3.8) is 0 Å². The van der Waals surface area contributed by atoms with Crippen molar-refractivity contribution in [2.45, 2.75) is 13.0 Å². The number of carbonyl (C=O) groups excluding carboxylic acids is 1. The maximum absolute atomic E-state index is 11.9. The van der Waals surface area contributed by atoms with E-state index in [1.165, 1.54) is 0 Å². The summed E-state index contributed by atoms with van der Waals surface area (Å²) in [7, 11) is 0. The van der Waals surface area contributed by atoms with Crippen LogP contribution in [0.2, 0.25) is 10.0 Å². The fourth-order valence-corrected chi connectivity index (χ4v) is 4.54. The number of halogens is 3. The average molecular weight is 543 g/mol. The molecular weight excluding hydrogens is 529 g/mol. The van der Waals surface area contributed by atoms with Gasteiger partial charge in [0.05, 0.1) is 16.4 Å². The van der Waals surface area contributed by atoms with Gasteiger partial charge in [-0.25, -0.2) is 14.7 Å². The van der Waals surface area contributed by atoms with Crippen LogP contribution in [-0.4, -0.2) is 31.9 Å². The van der Waals surface area contributed by atoms with Crippen molar-refractivity contribution in [2.75, 3.05) is 0 Å². The first kappa shape index (κ1) is 21.8. The lowest BCUT2D eigenvalue weighted by Crippen LogP contribution is -2.21. The number of aryl methyl sites for hydroxylation is 1. The molecule has 0 saturated heterocycles. The number of benzene rings is 1. The van der Waals surface area contributed by atoms with Crippen molar-refractivity contribution in [1.29, 1.82) is 0 Å². The number of ether oxygens (including phenoxy) is 1. The van der Waals surface area contributed by atoms with Crippen LogP contribution in [0.3, 0.4) is 0 Å². The highest BCUT2D eigenvalue weighted by Crippen LogP contribution is 2.39. The maximum atomic E-state index is 11.9. The lowest BCUT2D eigenvalue weighted by atomic mass is 10.0. The first-order valence-corrected chi connectivity index (χ1v) is 11.3. The SMILES string of the molecule is Cc1cc(Cl)cc2c1N=C(c1cc(Br)nn1-c1ncccc1-c1ncccc1Cl)OC2C=O. The predicted molar refractivity (Wildman–Crippen MR) is 130 cm³/mol. The normalized spacial score (nSPS) is 14.9. The molecular formula is C23H14BrCl2N5O2. The van der Waals surface area contributed by atoms with Gasteiger partial charge < -0.3 is 4.74 Å². The van der Waals surface area contributed by atoms with E-state index in [2.05, 4.69) is 31.0 Å². The van der Waals surface area contributed by atoms with Crippen LogP contribution in [0, 0.1) is 6.92 Å². The van der Waals surface area contributed by atoms with Crippen molar-refractivity contribution >= 4 is 57.0 Å². The van der Waals surface area contributed by atoms with E-state index >= 15 is 0 Å². The number of hydrogen-bond acceptors (Lipinski definition) is 6. The molecule has 7 nitrogen and oxygen atoms in total. The third kappa shape index (κ3) is 3.94. The summed E-state index contributed by atoms with van der Waals surface area (Å²) in [6.07, 6.45) is 3.17. The Bertz CT molecular complexity index is 1440. The van der Waals surface area contributed by atoms with Gasteiger partial charge in [0.15, 0.2) is 18.2 Å². The number of aliphatic imine (C=N–C) groups is 1. The molecule has 4 heterocycles. The number of pyridine rings is 2. The molecule has 0 radical (unpaired) electrons. The Kier molecular flexibility index (Phi) is 5.74. The number of rotatable bonds is 4. The Hall–Kier alpha value is -3.07. The number of aromatic nitrogens is 4. The van der Waals surface area contributed by atoms with E-state index in [-0.39, 0.29) is 5.90 Å². The third-order valence-corrected chi connectivity index (χ3v) is 5.99. The van der Waals surface area contributed by atoms with Crippen LogP contribution in [0.5, 0.6) is 0 Å². The van der Waals surface area contributed by atoms with Crippen molar-refractivity contribution in [2.24, 2.45) is 4.99 Å². The van der Waals surface area contributed by atoms with Gasteiger partial charge >= 0.3 is 0 Å². The van der Waals surface area contributed by atoms with Crippen molar-refractivity contribution < 1.29 is 9.53 Å². The Morgan fingerprint density at radius 1 is 1.12 bits per heavy atom. The van der Waals surface area contributed by atoms with E-state index in [9.17, 15) is 4.79 Å². The van der Waals surface area contributed by atoms with Gasteiger partial charge in [0.25, 0.3) is 0 Å². The predicted octanol–water partition coefficient (Wildman–Crippen LogP) is 6.06. The van der Waals surface area contributed by atoms with E-state index in [1.54, 1.807) is 53.5 Å². The van der Waals surface area contributed by atoms with E-state index < -0.39 is 6.10 Å². The zero-order valence-corrected chi connectivity index (χ0v) is 20.1. The molecule has 0 bridgehead atoms. The smallest absolute Gasteiger partial charge is 0.241 e. The molecule has 164 valence electrons. The van der Waals surface area contributed by atoms with Crippen LogP contribution < -0.4 is 0 Å². The highest BCUT2D eigenvalue weighted by molar-refractivity contribution is 9.10. The molecule has 5 rings (SSSR count). The molecule has 0 spiro atoms. The van der Waals surface area contributed by atoms with Crippen LogP contribution >= 0.6 is 39.1 Å². The molecule has 0 aliphatic carbocycles. The Labute approximate surface area is 207 Å². The summed E-state index contributed by atoms with van der Waals surface area (Å²) in [6.45, 7) is 1.88. The summed E-state index contributed by atoms with van der Waals surface area (Å²) >= 11 is 16.0. The summed E-state index contributed by atoms with van der Waals surface area (Å²) < 4.78 is 8.10. The van der Waals surface area contributed by atoms with Crippen LogP contribution in [-0.2, 0) is 9.53 Å².